The molecule has 4 heteroatoms. The van der Waals surface area contributed by atoms with Crippen LogP contribution in [0, 0.1) is 5.92 Å². The molecule has 0 amide bonds. The largest absolute Gasteiger partial charge is 0.381 e. The molecule has 1 heterocycles. The molecule has 0 saturated carbocycles. The van der Waals surface area contributed by atoms with Crippen LogP contribution in [0.2, 0.25) is 0 Å². The first-order chi connectivity index (χ1) is 7.33. The number of rotatable bonds is 5. The lowest BCUT2D eigenvalue weighted by Gasteiger charge is -2.21. The molecule has 0 aliphatic carbocycles. The van der Waals surface area contributed by atoms with E-state index in [4.69, 9.17) is 17.0 Å². The highest BCUT2D eigenvalue weighted by Gasteiger charge is 2.12. The fraction of sp³-hybridized carbons (Fsp3) is 0.909. The fourth-order valence-electron chi connectivity index (χ4n) is 1.85. The molecule has 1 rings (SSSR count). The van der Waals surface area contributed by atoms with Crippen molar-refractivity contribution in [1.82, 2.24) is 10.6 Å². The topological polar surface area (TPSA) is 33.3 Å². The molecule has 0 radical (unpaired) electrons. The van der Waals surface area contributed by atoms with Crippen molar-refractivity contribution >= 4 is 17.3 Å². The van der Waals surface area contributed by atoms with E-state index in [-0.39, 0.29) is 0 Å². The second-order valence-electron chi connectivity index (χ2n) is 3.98. The number of nitrogens with one attached hydrogen (secondary N) is 2. The molecule has 0 spiro atoms. The van der Waals surface area contributed by atoms with Gasteiger partial charge in [0.05, 0.1) is 0 Å². The minimum absolute atomic E-state index is 0.782. The van der Waals surface area contributed by atoms with Crippen molar-refractivity contribution in [2.45, 2.75) is 32.6 Å². The Hall–Kier alpha value is -0.350. The van der Waals surface area contributed by atoms with Gasteiger partial charge in [-0.1, -0.05) is 0 Å². The van der Waals surface area contributed by atoms with Gasteiger partial charge in [-0.15, -0.1) is 0 Å². The zero-order chi connectivity index (χ0) is 10.9. The summed E-state index contributed by atoms with van der Waals surface area (Å²) in [6.07, 6.45) is 4.97. The van der Waals surface area contributed by atoms with Crippen LogP contribution < -0.4 is 10.6 Å². The monoisotopic (exact) mass is 230 g/mol. The van der Waals surface area contributed by atoms with Crippen molar-refractivity contribution in [2.75, 3.05) is 26.3 Å². The Kier molecular flexibility index (Phi) is 6.68. The summed E-state index contributed by atoms with van der Waals surface area (Å²) in [6, 6.07) is 0. The zero-order valence-corrected chi connectivity index (χ0v) is 10.4. The lowest BCUT2D eigenvalue weighted by molar-refractivity contribution is 0.0634. The van der Waals surface area contributed by atoms with E-state index in [2.05, 4.69) is 17.6 Å². The van der Waals surface area contributed by atoms with Gasteiger partial charge in [-0.2, -0.15) is 0 Å². The second kappa shape index (κ2) is 7.88. The fourth-order valence-corrected chi connectivity index (χ4v) is 2.10. The lowest BCUT2D eigenvalue weighted by atomic mass is 9.95. The third-order valence-corrected chi connectivity index (χ3v) is 3.04. The molecule has 0 aromatic rings. The summed E-state index contributed by atoms with van der Waals surface area (Å²) in [7, 11) is 0. The molecule has 1 fully saturated rings. The van der Waals surface area contributed by atoms with Crippen LogP contribution in [0.5, 0.6) is 0 Å². The van der Waals surface area contributed by atoms with Crippen LogP contribution in [0.3, 0.4) is 0 Å². The van der Waals surface area contributed by atoms with Gasteiger partial charge in [0.2, 0.25) is 0 Å². The van der Waals surface area contributed by atoms with Gasteiger partial charge in [0, 0.05) is 26.3 Å². The second-order valence-corrected chi connectivity index (χ2v) is 4.39. The molecular weight excluding hydrogens is 208 g/mol. The zero-order valence-electron chi connectivity index (χ0n) is 9.55. The Morgan fingerprint density at radius 1 is 1.33 bits per heavy atom. The maximum atomic E-state index is 5.33. The van der Waals surface area contributed by atoms with Crippen LogP contribution in [0.4, 0.5) is 0 Å². The van der Waals surface area contributed by atoms with E-state index in [1.54, 1.807) is 0 Å². The van der Waals surface area contributed by atoms with Crippen LogP contribution in [0.25, 0.3) is 0 Å². The van der Waals surface area contributed by atoms with E-state index >= 15 is 0 Å². The summed E-state index contributed by atoms with van der Waals surface area (Å²) in [6.45, 7) is 5.84. The Labute approximate surface area is 98.0 Å². The van der Waals surface area contributed by atoms with Gasteiger partial charge in [0.15, 0.2) is 5.11 Å². The summed E-state index contributed by atoms with van der Waals surface area (Å²) in [4.78, 5) is 0. The van der Waals surface area contributed by atoms with Crippen molar-refractivity contribution in [2.24, 2.45) is 5.92 Å². The molecule has 0 bridgehead atoms. The van der Waals surface area contributed by atoms with Crippen molar-refractivity contribution in [3.05, 3.63) is 0 Å². The molecule has 3 nitrogen and oxygen atoms in total. The number of hydrogen-bond donors (Lipinski definition) is 2. The number of thiocarbonyl (C=S) groups is 1. The maximum Gasteiger partial charge on any atom is 0.166 e. The third-order valence-electron chi connectivity index (χ3n) is 2.75. The van der Waals surface area contributed by atoms with E-state index in [1.165, 1.54) is 25.7 Å². The molecule has 0 aromatic heterocycles. The van der Waals surface area contributed by atoms with Crippen LogP contribution in [0.1, 0.15) is 32.6 Å². The predicted octanol–water partition coefficient (Wildman–Crippen LogP) is 1.68. The Morgan fingerprint density at radius 3 is 2.73 bits per heavy atom. The number of hydrogen-bond acceptors (Lipinski definition) is 2. The average Bonchev–Trinajstić information content (AvgIpc) is 2.26. The molecule has 2 N–H and O–H groups in total. The molecule has 1 aliphatic heterocycles. The molecule has 1 saturated heterocycles. The first kappa shape index (κ1) is 12.7. The highest BCUT2D eigenvalue weighted by Crippen LogP contribution is 2.19. The van der Waals surface area contributed by atoms with Gasteiger partial charge in [-0.3, -0.25) is 0 Å². The highest BCUT2D eigenvalue weighted by atomic mass is 32.1. The molecule has 88 valence electrons. The van der Waals surface area contributed by atoms with Gasteiger partial charge < -0.3 is 15.4 Å². The van der Waals surface area contributed by atoms with Gasteiger partial charge in [0.1, 0.15) is 0 Å². The Bertz CT molecular complexity index is 181. The van der Waals surface area contributed by atoms with Crippen LogP contribution >= 0.6 is 12.2 Å². The first-order valence-electron chi connectivity index (χ1n) is 5.92. The lowest BCUT2D eigenvalue weighted by Crippen LogP contribution is -2.35. The summed E-state index contributed by atoms with van der Waals surface area (Å²) in [5.74, 6) is 0.869. The van der Waals surface area contributed by atoms with Crippen molar-refractivity contribution in [3.8, 4) is 0 Å². The predicted molar refractivity (Wildman–Crippen MR) is 67.1 cm³/mol. The smallest absolute Gasteiger partial charge is 0.166 e. The molecule has 15 heavy (non-hydrogen) atoms. The summed E-state index contributed by atoms with van der Waals surface area (Å²) in [5.41, 5.74) is 0. The van der Waals surface area contributed by atoms with E-state index in [9.17, 15) is 0 Å². The van der Waals surface area contributed by atoms with Crippen molar-refractivity contribution < 1.29 is 4.74 Å². The number of ether oxygens (including phenoxy) is 1. The Morgan fingerprint density at radius 2 is 2.07 bits per heavy atom. The molecule has 0 aromatic carbocycles. The highest BCUT2D eigenvalue weighted by molar-refractivity contribution is 7.80. The summed E-state index contributed by atoms with van der Waals surface area (Å²) < 4.78 is 5.33. The standard InChI is InChI=1S/C11H22N2OS/c1-2-12-11(15)13-7-3-4-10-5-8-14-9-6-10/h10H,2-9H2,1H3,(H2,12,13,15). The quantitative estimate of drug-likeness (QED) is 0.556. The van der Waals surface area contributed by atoms with E-state index in [1.807, 2.05) is 0 Å². The van der Waals surface area contributed by atoms with Crippen LogP contribution in [0.15, 0.2) is 0 Å². The molecule has 0 unspecified atom stereocenters. The first-order valence-corrected chi connectivity index (χ1v) is 6.33. The van der Waals surface area contributed by atoms with Gasteiger partial charge >= 0.3 is 0 Å². The van der Waals surface area contributed by atoms with Gasteiger partial charge in [-0.05, 0) is 50.7 Å². The Balaban J connectivity index is 1.93. The van der Waals surface area contributed by atoms with E-state index < -0.39 is 0 Å². The molecular formula is C11H22N2OS. The normalized spacial score (nSPS) is 17.4. The van der Waals surface area contributed by atoms with Crippen LogP contribution in [-0.4, -0.2) is 31.4 Å². The minimum atomic E-state index is 0.782. The minimum Gasteiger partial charge on any atom is -0.381 e. The van der Waals surface area contributed by atoms with Gasteiger partial charge in [-0.25, -0.2) is 0 Å². The average molecular weight is 230 g/mol. The summed E-state index contributed by atoms with van der Waals surface area (Å²) in [5, 5.41) is 7.08. The van der Waals surface area contributed by atoms with Crippen molar-refractivity contribution in [3.63, 3.8) is 0 Å². The SMILES string of the molecule is CCNC(=S)NCCCC1CCOCC1. The van der Waals surface area contributed by atoms with E-state index in [0.717, 1.165) is 37.3 Å². The van der Waals surface area contributed by atoms with Gasteiger partial charge in [0.25, 0.3) is 0 Å². The van der Waals surface area contributed by atoms with E-state index in [0.29, 0.717) is 0 Å². The molecule has 1 aliphatic rings. The van der Waals surface area contributed by atoms with Crippen LogP contribution in [-0.2, 0) is 4.74 Å². The third kappa shape index (κ3) is 5.95. The molecule has 0 atom stereocenters. The maximum absolute atomic E-state index is 5.33. The van der Waals surface area contributed by atoms with Crippen molar-refractivity contribution in [1.29, 1.82) is 0 Å². The summed E-state index contributed by atoms with van der Waals surface area (Å²) >= 11 is 5.08.